The Balaban J connectivity index is 1.85. The van der Waals surface area contributed by atoms with Gasteiger partial charge in [0.25, 0.3) is 0 Å². The van der Waals surface area contributed by atoms with Gasteiger partial charge in [-0.2, -0.15) is 5.10 Å². The smallest absolute Gasteiger partial charge is 0.222 e. The number of aromatic nitrogens is 3. The van der Waals surface area contributed by atoms with Crippen LogP contribution < -0.4 is 5.32 Å². The van der Waals surface area contributed by atoms with Gasteiger partial charge < -0.3 is 5.32 Å². The molecule has 2 atom stereocenters. The topological polar surface area (TPSA) is 59.8 Å². The maximum absolute atomic E-state index is 13.0. The molecule has 2 aromatic heterocycles. The predicted octanol–water partition coefficient (Wildman–Crippen LogP) is 5.02. The largest absolute Gasteiger partial charge is 0.345 e. The Hall–Kier alpha value is -2.66. The summed E-state index contributed by atoms with van der Waals surface area (Å²) in [5.41, 5.74) is 6.04. The van der Waals surface area contributed by atoms with Crippen molar-refractivity contribution in [1.82, 2.24) is 20.1 Å². The van der Waals surface area contributed by atoms with Crippen molar-refractivity contribution in [3.8, 4) is 0 Å². The van der Waals surface area contributed by atoms with Gasteiger partial charge in [-0.25, -0.2) is 0 Å². The Kier molecular flexibility index (Phi) is 6.38. The molecular formula is C23H27ClN4O. The van der Waals surface area contributed by atoms with E-state index < -0.39 is 0 Å². The van der Waals surface area contributed by atoms with Crippen LogP contribution in [0.3, 0.4) is 0 Å². The summed E-state index contributed by atoms with van der Waals surface area (Å²) in [6.45, 7) is 9.90. The van der Waals surface area contributed by atoms with Gasteiger partial charge in [0, 0.05) is 18.8 Å². The zero-order valence-electron chi connectivity index (χ0n) is 17.5. The molecule has 0 unspecified atom stereocenters. The van der Waals surface area contributed by atoms with Gasteiger partial charge in [0.05, 0.1) is 28.5 Å². The Bertz CT molecular complexity index is 1010. The quantitative estimate of drug-likeness (QED) is 0.620. The Morgan fingerprint density at radius 1 is 1.14 bits per heavy atom. The van der Waals surface area contributed by atoms with Crippen molar-refractivity contribution in [3.63, 3.8) is 0 Å². The number of halogens is 1. The highest BCUT2D eigenvalue weighted by atomic mass is 35.5. The van der Waals surface area contributed by atoms with Gasteiger partial charge in [-0.05, 0) is 63.4 Å². The van der Waals surface area contributed by atoms with Crippen LogP contribution in [-0.4, -0.2) is 20.7 Å². The minimum absolute atomic E-state index is 0.0381. The van der Waals surface area contributed by atoms with Crippen LogP contribution in [0.15, 0.2) is 42.7 Å². The van der Waals surface area contributed by atoms with Crippen LogP contribution in [0.1, 0.15) is 59.1 Å². The molecule has 0 aliphatic heterocycles. The van der Waals surface area contributed by atoms with Crippen molar-refractivity contribution < 1.29 is 4.79 Å². The van der Waals surface area contributed by atoms with Crippen LogP contribution in [0, 0.1) is 27.7 Å². The maximum Gasteiger partial charge on any atom is 0.222 e. The van der Waals surface area contributed by atoms with E-state index in [1.54, 1.807) is 12.4 Å². The van der Waals surface area contributed by atoms with Crippen molar-refractivity contribution in [2.24, 2.45) is 0 Å². The first-order chi connectivity index (χ1) is 13.8. The first-order valence-corrected chi connectivity index (χ1v) is 10.1. The van der Waals surface area contributed by atoms with Crippen molar-refractivity contribution in [2.45, 2.75) is 53.1 Å². The SMILES string of the molecule is Cc1ccc(C)c([C@@H](NC(=O)C[C@H](C)n2nc(C)c(Cl)c2C)c2ccncc2)c1. The molecule has 29 heavy (non-hydrogen) atoms. The zero-order valence-corrected chi connectivity index (χ0v) is 18.3. The Labute approximate surface area is 177 Å². The minimum Gasteiger partial charge on any atom is -0.345 e. The van der Waals surface area contributed by atoms with Crippen molar-refractivity contribution in [1.29, 1.82) is 0 Å². The summed E-state index contributed by atoms with van der Waals surface area (Å²) in [7, 11) is 0. The highest BCUT2D eigenvalue weighted by molar-refractivity contribution is 6.31. The molecular weight excluding hydrogens is 384 g/mol. The number of carbonyl (C=O) groups is 1. The molecule has 0 saturated heterocycles. The van der Waals surface area contributed by atoms with E-state index in [1.165, 1.54) is 0 Å². The molecule has 0 aliphatic rings. The van der Waals surface area contributed by atoms with Crippen molar-refractivity contribution >= 4 is 17.5 Å². The minimum atomic E-state index is -0.235. The Morgan fingerprint density at radius 3 is 2.45 bits per heavy atom. The normalized spacial score (nSPS) is 13.2. The third-order valence-electron chi connectivity index (χ3n) is 5.23. The summed E-state index contributed by atoms with van der Waals surface area (Å²) in [6.07, 6.45) is 3.81. The first-order valence-electron chi connectivity index (χ1n) is 9.75. The molecule has 3 aromatic rings. The third kappa shape index (κ3) is 4.67. The van der Waals surface area contributed by atoms with Gasteiger partial charge in [-0.15, -0.1) is 0 Å². The molecule has 0 fully saturated rings. The molecule has 6 heteroatoms. The molecule has 0 radical (unpaired) electrons. The van der Waals surface area contributed by atoms with Gasteiger partial charge >= 0.3 is 0 Å². The van der Waals surface area contributed by atoms with Crippen LogP contribution in [-0.2, 0) is 4.79 Å². The number of hydrogen-bond donors (Lipinski definition) is 1. The second kappa shape index (κ2) is 8.78. The summed E-state index contributed by atoms with van der Waals surface area (Å²) in [5, 5.41) is 8.35. The average molecular weight is 411 g/mol. The lowest BCUT2D eigenvalue weighted by Crippen LogP contribution is -2.31. The van der Waals surface area contributed by atoms with Crippen LogP contribution in [0.2, 0.25) is 5.02 Å². The van der Waals surface area contributed by atoms with E-state index in [0.29, 0.717) is 11.4 Å². The monoisotopic (exact) mass is 410 g/mol. The van der Waals surface area contributed by atoms with Crippen molar-refractivity contribution in [3.05, 3.63) is 81.4 Å². The third-order valence-corrected chi connectivity index (χ3v) is 5.77. The van der Waals surface area contributed by atoms with E-state index in [4.69, 9.17) is 11.6 Å². The van der Waals surface area contributed by atoms with E-state index in [1.807, 2.05) is 37.6 Å². The maximum atomic E-state index is 13.0. The summed E-state index contributed by atoms with van der Waals surface area (Å²) in [6, 6.07) is 9.85. The molecule has 5 nitrogen and oxygen atoms in total. The number of carbonyl (C=O) groups excluding carboxylic acids is 1. The lowest BCUT2D eigenvalue weighted by atomic mass is 9.94. The molecule has 2 heterocycles. The van der Waals surface area contributed by atoms with Gasteiger partial charge in [0.2, 0.25) is 5.91 Å². The summed E-state index contributed by atoms with van der Waals surface area (Å²) >= 11 is 6.27. The molecule has 0 bridgehead atoms. The zero-order chi connectivity index (χ0) is 21.1. The lowest BCUT2D eigenvalue weighted by molar-refractivity contribution is -0.122. The number of nitrogens with one attached hydrogen (secondary N) is 1. The molecule has 0 saturated carbocycles. The molecule has 152 valence electrons. The standard InChI is InChI=1S/C23H27ClN4O/c1-14-6-7-15(2)20(12-14)23(19-8-10-25-11-9-19)26-21(29)13-16(3)28-18(5)22(24)17(4)27-28/h6-12,16,23H,13H2,1-5H3,(H,26,29)/t16-,23-/m0/s1. The van der Waals surface area contributed by atoms with Gasteiger partial charge in [0.1, 0.15) is 0 Å². The van der Waals surface area contributed by atoms with Crippen LogP contribution >= 0.6 is 11.6 Å². The second-order valence-corrected chi connectivity index (χ2v) is 8.00. The average Bonchev–Trinajstić information content (AvgIpc) is 2.96. The number of nitrogens with zero attached hydrogens (tertiary/aromatic N) is 3. The number of amides is 1. The van der Waals surface area contributed by atoms with Gasteiger partial charge in [0.15, 0.2) is 0 Å². The summed E-state index contributed by atoms with van der Waals surface area (Å²) < 4.78 is 1.83. The highest BCUT2D eigenvalue weighted by Gasteiger charge is 2.22. The predicted molar refractivity (Wildman–Crippen MR) is 116 cm³/mol. The number of pyridine rings is 1. The van der Waals surface area contributed by atoms with E-state index in [2.05, 4.69) is 47.4 Å². The van der Waals surface area contributed by atoms with Crippen LogP contribution in [0.25, 0.3) is 0 Å². The Morgan fingerprint density at radius 2 is 1.83 bits per heavy atom. The van der Waals surface area contributed by atoms with Gasteiger partial charge in [-0.3, -0.25) is 14.5 Å². The lowest BCUT2D eigenvalue weighted by Gasteiger charge is -2.23. The fourth-order valence-corrected chi connectivity index (χ4v) is 3.74. The van der Waals surface area contributed by atoms with E-state index in [0.717, 1.165) is 33.6 Å². The van der Waals surface area contributed by atoms with E-state index in [-0.39, 0.29) is 18.0 Å². The van der Waals surface area contributed by atoms with E-state index in [9.17, 15) is 4.79 Å². The molecule has 0 spiro atoms. The molecule has 1 N–H and O–H groups in total. The fourth-order valence-electron chi connectivity index (χ4n) is 3.61. The number of aryl methyl sites for hydroxylation is 3. The number of rotatable bonds is 6. The fraction of sp³-hybridized carbons (Fsp3) is 0.348. The highest BCUT2D eigenvalue weighted by Crippen LogP contribution is 2.27. The molecule has 3 rings (SSSR count). The second-order valence-electron chi connectivity index (χ2n) is 7.62. The molecule has 0 aliphatic carbocycles. The number of hydrogen-bond acceptors (Lipinski definition) is 3. The summed E-state index contributed by atoms with van der Waals surface area (Å²) in [5.74, 6) is -0.0381. The number of benzene rings is 1. The van der Waals surface area contributed by atoms with E-state index >= 15 is 0 Å². The van der Waals surface area contributed by atoms with Crippen LogP contribution in [0.4, 0.5) is 0 Å². The van der Waals surface area contributed by atoms with Crippen molar-refractivity contribution in [2.75, 3.05) is 0 Å². The molecule has 1 aromatic carbocycles. The van der Waals surface area contributed by atoms with Crippen LogP contribution in [0.5, 0.6) is 0 Å². The van der Waals surface area contributed by atoms with Gasteiger partial charge in [-0.1, -0.05) is 35.4 Å². The molecule has 1 amide bonds. The first kappa shape index (κ1) is 21.1. The summed E-state index contributed by atoms with van der Waals surface area (Å²) in [4.78, 5) is 17.1.